The first kappa shape index (κ1) is 14.2. The molecule has 1 unspecified atom stereocenters. The van der Waals surface area contributed by atoms with Gasteiger partial charge in [0, 0.05) is 37.4 Å². The van der Waals surface area contributed by atoms with Gasteiger partial charge in [-0.15, -0.1) is 0 Å². The van der Waals surface area contributed by atoms with E-state index in [2.05, 4.69) is 23.6 Å². The normalized spacial score (nSPS) is 25.8. The number of hydrogen-bond donors (Lipinski definition) is 0. The van der Waals surface area contributed by atoms with Crippen molar-refractivity contribution in [3.8, 4) is 0 Å². The zero-order valence-corrected chi connectivity index (χ0v) is 13.7. The lowest BCUT2D eigenvalue weighted by Crippen LogP contribution is -2.44. The molecule has 2 aliphatic heterocycles. The molecule has 3 heterocycles. The molecule has 0 amide bonds. The molecule has 0 radical (unpaired) electrons. The predicted octanol–water partition coefficient (Wildman–Crippen LogP) is 2.31. The van der Waals surface area contributed by atoms with Gasteiger partial charge in [0.25, 0.3) is 0 Å². The summed E-state index contributed by atoms with van der Waals surface area (Å²) in [5, 5.41) is 0. The fourth-order valence-corrected chi connectivity index (χ4v) is 3.59. The van der Waals surface area contributed by atoms with Crippen molar-refractivity contribution in [2.24, 2.45) is 5.92 Å². The van der Waals surface area contributed by atoms with Crippen molar-refractivity contribution in [3.63, 3.8) is 0 Å². The molecule has 3 aliphatic rings. The Kier molecular flexibility index (Phi) is 3.68. The lowest BCUT2D eigenvalue weighted by Gasteiger charge is -2.35. The molecule has 3 fully saturated rings. The summed E-state index contributed by atoms with van der Waals surface area (Å²) < 4.78 is 5.96. The lowest BCUT2D eigenvalue weighted by atomic mass is 10.1. The van der Waals surface area contributed by atoms with Gasteiger partial charge in [-0.05, 0) is 45.4 Å². The number of hydrogen-bond acceptors (Lipinski definition) is 5. The van der Waals surface area contributed by atoms with Gasteiger partial charge in [-0.3, -0.25) is 0 Å². The van der Waals surface area contributed by atoms with E-state index in [0.29, 0.717) is 6.10 Å². The second-order valence-corrected chi connectivity index (χ2v) is 6.94. The van der Waals surface area contributed by atoms with Crippen LogP contribution in [0.25, 0.3) is 0 Å². The van der Waals surface area contributed by atoms with Crippen molar-refractivity contribution < 1.29 is 4.74 Å². The van der Waals surface area contributed by atoms with Crippen molar-refractivity contribution in [2.45, 2.75) is 45.6 Å². The molecule has 5 heteroatoms. The Morgan fingerprint density at radius 3 is 2.50 bits per heavy atom. The molecule has 4 rings (SSSR count). The van der Waals surface area contributed by atoms with Gasteiger partial charge in [-0.1, -0.05) is 0 Å². The van der Waals surface area contributed by atoms with Gasteiger partial charge in [-0.2, -0.15) is 4.98 Å². The molecule has 1 aromatic rings. The van der Waals surface area contributed by atoms with Crippen LogP contribution in [0, 0.1) is 19.8 Å². The third kappa shape index (κ3) is 2.67. The quantitative estimate of drug-likeness (QED) is 0.857. The van der Waals surface area contributed by atoms with Gasteiger partial charge in [0.05, 0.1) is 12.7 Å². The van der Waals surface area contributed by atoms with Crippen LogP contribution >= 0.6 is 0 Å². The summed E-state index contributed by atoms with van der Waals surface area (Å²) in [7, 11) is 0. The molecule has 1 saturated carbocycles. The number of aromatic nitrogens is 2. The van der Waals surface area contributed by atoms with E-state index in [4.69, 9.17) is 14.7 Å². The van der Waals surface area contributed by atoms with E-state index < -0.39 is 0 Å². The van der Waals surface area contributed by atoms with E-state index in [9.17, 15) is 0 Å². The van der Waals surface area contributed by atoms with Crippen LogP contribution in [0.5, 0.6) is 0 Å². The highest BCUT2D eigenvalue weighted by Gasteiger charge is 2.36. The largest absolute Gasteiger partial charge is 0.374 e. The van der Waals surface area contributed by atoms with E-state index in [0.717, 1.165) is 56.2 Å². The summed E-state index contributed by atoms with van der Waals surface area (Å²) in [5.74, 6) is 2.83. The van der Waals surface area contributed by atoms with E-state index in [1.165, 1.54) is 31.2 Å². The third-order valence-electron chi connectivity index (χ3n) is 5.28. The molecule has 0 N–H and O–H groups in total. The molecule has 1 atom stereocenters. The zero-order valence-electron chi connectivity index (χ0n) is 13.7. The minimum Gasteiger partial charge on any atom is -0.374 e. The maximum absolute atomic E-state index is 5.96. The lowest BCUT2D eigenvalue weighted by molar-refractivity contribution is 0.0261. The average molecular weight is 302 g/mol. The van der Waals surface area contributed by atoms with Gasteiger partial charge in [0.2, 0.25) is 5.95 Å². The molecular formula is C17H26N4O. The standard InChI is InChI=1S/C17H26N4O/c1-12-13(2)18-17(20-7-3-4-8-20)19-16(12)21-9-10-22-15(11-21)14-5-6-14/h14-15H,3-11H2,1-2H3. The minimum atomic E-state index is 0.402. The summed E-state index contributed by atoms with van der Waals surface area (Å²) >= 11 is 0. The van der Waals surface area contributed by atoms with Crippen molar-refractivity contribution in [3.05, 3.63) is 11.3 Å². The van der Waals surface area contributed by atoms with E-state index in [1.807, 2.05) is 0 Å². The summed E-state index contributed by atoms with van der Waals surface area (Å²) in [6.45, 7) is 9.20. The Morgan fingerprint density at radius 2 is 1.77 bits per heavy atom. The number of rotatable bonds is 3. The molecule has 120 valence electrons. The minimum absolute atomic E-state index is 0.402. The second kappa shape index (κ2) is 5.69. The Balaban J connectivity index is 1.61. The van der Waals surface area contributed by atoms with Crippen LogP contribution in [0.4, 0.5) is 11.8 Å². The molecule has 1 aromatic heterocycles. The molecule has 2 saturated heterocycles. The smallest absolute Gasteiger partial charge is 0.227 e. The Morgan fingerprint density at radius 1 is 1.00 bits per heavy atom. The van der Waals surface area contributed by atoms with Gasteiger partial charge < -0.3 is 14.5 Å². The van der Waals surface area contributed by atoms with Crippen molar-refractivity contribution in [1.29, 1.82) is 0 Å². The topological polar surface area (TPSA) is 41.5 Å². The number of nitrogens with zero attached hydrogens (tertiary/aromatic N) is 4. The predicted molar refractivity (Wildman–Crippen MR) is 87.6 cm³/mol. The summed E-state index contributed by atoms with van der Waals surface area (Å²) in [6.07, 6.45) is 5.58. The van der Waals surface area contributed by atoms with Gasteiger partial charge in [0.15, 0.2) is 0 Å². The number of morpholine rings is 1. The molecule has 5 nitrogen and oxygen atoms in total. The fraction of sp³-hybridized carbons (Fsp3) is 0.765. The monoisotopic (exact) mass is 302 g/mol. The zero-order chi connectivity index (χ0) is 15.1. The average Bonchev–Trinajstić information content (AvgIpc) is 3.25. The summed E-state index contributed by atoms with van der Waals surface area (Å²) in [6, 6.07) is 0. The first-order valence-electron chi connectivity index (χ1n) is 8.69. The number of aryl methyl sites for hydroxylation is 1. The van der Waals surface area contributed by atoms with E-state index in [-0.39, 0.29) is 0 Å². The van der Waals surface area contributed by atoms with Crippen molar-refractivity contribution >= 4 is 11.8 Å². The molecule has 0 spiro atoms. The van der Waals surface area contributed by atoms with Crippen LogP contribution in [-0.2, 0) is 4.74 Å². The fourth-order valence-electron chi connectivity index (χ4n) is 3.59. The van der Waals surface area contributed by atoms with Gasteiger partial charge >= 0.3 is 0 Å². The molecule has 0 aromatic carbocycles. The van der Waals surface area contributed by atoms with E-state index in [1.54, 1.807) is 0 Å². The van der Waals surface area contributed by atoms with Crippen LogP contribution in [0.15, 0.2) is 0 Å². The molecular weight excluding hydrogens is 276 g/mol. The summed E-state index contributed by atoms with van der Waals surface area (Å²) in [5.41, 5.74) is 2.33. The highest BCUT2D eigenvalue weighted by atomic mass is 16.5. The Hall–Kier alpha value is -1.36. The van der Waals surface area contributed by atoms with Crippen molar-refractivity contribution in [1.82, 2.24) is 9.97 Å². The number of ether oxygens (including phenoxy) is 1. The van der Waals surface area contributed by atoms with Crippen LogP contribution in [0.3, 0.4) is 0 Å². The van der Waals surface area contributed by atoms with Gasteiger partial charge in [0.1, 0.15) is 5.82 Å². The number of anilines is 2. The highest BCUT2D eigenvalue weighted by Crippen LogP contribution is 2.37. The van der Waals surface area contributed by atoms with Gasteiger partial charge in [-0.25, -0.2) is 4.98 Å². The van der Waals surface area contributed by atoms with Crippen LogP contribution in [0.1, 0.15) is 36.9 Å². The Labute approximate surface area is 132 Å². The van der Waals surface area contributed by atoms with Crippen molar-refractivity contribution in [2.75, 3.05) is 42.6 Å². The summed E-state index contributed by atoms with van der Waals surface area (Å²) in [4.78, 5) is 14.4. The van der Waals surface area contributed by atoms with Crippen LogP contribution in [-0.4, -0.2) is 48.9 Å². The van der Waals surface area contributed by atoms with Crippen LogP contribution in [0.2, 0.25) is 0 Å². The second-order valence-electron chi connectivity index (χ2n) is 6.94. The highest BCUT2D eigenvalue weighted by molar-refractivity contribution is 5.53. The molecule has 0 bridgehead atoms. The molecule has 1 aliphatic carbocycles. The Bertz CT molecular complexity index is 552. The van der Waals surface area contributed by atoms with Crippen LogP contribution < -0.4 is 9.80 Å². The van der Waals surface area contributed by atoms with E-state index >= 15 is 0 Å². The first-order chi connectivity index (χ1) is 10.7. The maximum atomic E-state index is 5.96. The third-order valence-corrected chi connectivity index (χ3v) is 5.28. The first-order valence-corrected chi connectivity index (χ1v) is 8.69. The maximum Gasteiger partial charge on any atom is 0.227 e. The molecule has 22 heavy (non-hydrogen) atoms. The SMILES string of the molecule is Cc1nc(N2CCCC2)nc(N2CCOC(C3CC3)C2)c1C.